The molecule has 0 spiro atoms. The second-order valence-electron chi connectivity index (χ2n) is 5.76. The molecule has 0 saturated carbocycles. The van der Waals surface area contributed by atoms with Gasteiger partial charge in [-0.3, -0.25) is 4.72 Å². The monoisotopic (exact) mass is 435 g/mol. The number of aryl methyl sites for hydroxylation is 1. The molecular formula is C16H20F3N5O4S. The lowest BCUT2D eigenvalue weighted by atomic mass is 10.2. The third-order valence-corrected chi connectivity index (χ3v) is 4.92. The fraction of sp³-hybridized carbons (Fsp3) is 0.438. The van der Waals surface area contributed by atoms with Gasteiger partial charge < -0.3 is 14.2 Å². The molecule has 0 aliphatic heterocycles. The third kappa shape index (κ3) is 5.16. The molecule has 0 bridgehead atoms. The van der Waals surface area contributed by atoms with Crippen molar-refractivity contribution in [1.82, 2.24) is 5.16 Å². The van der Waals surface area contributed by atoms with Crippen LogP contribution < -0.4 is 14.4 Å². The molecule has 0 radical (unpaired) electrons. The summed E-state index contributed by atoms with van der Waals surface area (Å²) in [6.07, 6.45) is 0. The van der Waals surface area contributed by atoms with Gasteiger partial charge in [0.1, 0.15) is 17.2 Å². The van der Waals surface area contributed by atoms with Gasteiger partial charge in [-0.05, 0) is 26.8 Å². The number of anilines is 2. The first-order valence-corrected chi connectivity index (χ1v) is 9.91. The van der Waals surface area contributed by atoms with E-state index in [1.54, 1.807) is 11.8 Å². The molecule has 1 aromatic heterocycles. The van der Waals surface area contributed by atoms with Gasteiger partial charge in [-0.25, -0.2) is 0 Å². The molecule has 0 unspecified atom stereocenters. The maximum Gasteiger partial charge on any atom is 0.516 e. The van der Waals surface area contributed by atoms with Crippen molar-refractivity contribution in [1.29, 1.82) is 0 Å². The number of sulfonamides is 1. The Kier molecular flexibility index (Phi) is 6.72. The zero-order chi connectivity index (χ0) is 21.8. The molecule has 1 aromatic carbocycles. The fourth-order valence-electron chi connectivity index (χ4n) is 2.41. The van der Waals surface area contributed by atoms with Crippen LogP contribution in [0.2, 0.25) is 0 Å². The van der Waals surface area contributed by atoms with Crippen LogP contribution in [0.4, 0.5) is 36.1 Å². The topological polar surface area (TPSA) is 109 Å². The Bertz CT molecular complexity index is 985. The second-order valence-corrected chi connectivity index (χ2v) is 7.43. The van der Waals surface area contributed by atoms with Gasteiger partial charge in [-0.1, -0.05) is 5.16 Å². The van der Waals surface area contributed by atoms with Crippen LogP contribution in [0.25, 0.3) is 0 Å². The first kappa shape index (κ1) is 22.5. The summed E-state index contributed by atoms with van der Waals surface area (Å²) in [6.45, 7) is 6.32. The smallest absolute Gasteiger partial charge is 0.494 e. The highest BCUT2D eigenvalue weighted by atomic mass is 32.2. The molecule has 160 valence electrons. The average molecular weight is 435 g/mol. The third-order valence-electron chi connectivity index (χ3n) is 3.83. The van der Waals surface area contributed by atoms with E-state index in [-0.39, 0.29) is 17.3 Å². The summed E-state index contributed by atoms with van der Waals surface area (Å²) in [4.78, 5) is 1.78. The SMILES string of the molecule is CCN(CC)c1cc(NS(=O)(=O)C(F)(F)F)c(N=Nc2cc(C)on2)cc1OC. The zero-order valence-electron chi connectivity index (χ0n) is 16.1. The lowest BCUT2D eigenvalue weighted by Crippen LogP contribution is -2.30. The van der Waals surface area contributed by atoms with Crippen LogP contribution in [0, 0.1) is 6.92 Å². The first-order chi connectivity index (χ1) is 13.5. The lowest BCUT2D eigenvalue weighted by molar-refractivity contribution is -0.0429. The van der Waals surface area contributed by atoms with E-state index >= 15 is 0 Å². The van der Waals surface area contributed by atoms with Gasteiger partial charge in [0.2, 0.25) is 5.82 Å². The van der Waals surface area contributed by atoms with Crippen LogP contribution in [-0.4, -0.2) is 39.3 Å². The van der Waals surface area contributed by atoms with Crippen molar-refractivity contribution in [3.05, 3.63) is 24.0 Å². The molecule has 29 heavy (non-hydrogen) atoms. The Balaban J connectivity index is 2.61. The van der Waals surface area contributed by atoms with E-state index in [0.717, 1.165) is 0 Å². The number of methoxy groups -OCH3 is 1. The number of azo groups is 1. The molecule has 0 atom stereocenters. The van der Waals surface area contributed by atoms with Crippen LogP contribution in [-0.2, 0) is 10.0 Å². The molecule has 9 nitrogen and oxygen atoms in total. The minimum atomic E-state index is -5.67. The van der Waals surface area contributed by atoms with E-state index in [2.05, 4.69) is 15.4 Å². The van der Waals surface area contributed by atoms with Gasteiger partial charge >= 0.3 is 15.5 Å². The molecule has 0 aliphatic rings. The van der Waals surface area contributed by atoms with Gasteiger partial charge in [0.25, 0.3) is 0 Å². The van der Waals surface area contributed by atoms with Gasteiger partial charge in [0, 0.05) is 25.2 Å². The number of benzene rings is 1. The molecule has 1 N–H and O–H groups in total. The Labute approximate surface area is 165 Å². The number of nitrogens with one attached hydrogen (secondary N) is 1. The van der Waals surface area contributed by atoms with Crippen molar-refractivity contribution in [3.8, 4) is 5.75 Å². The molecule has 2 aromatic rings. The first-order valence-electron chi connectivity index (χ1n) is 8.43. The van der Waals surface area contributed by atoms with Crippen LogP contribution >= 0.6 is 0 Å². The summed E-state index contributed by atoms with van der Waals surface area (Å²) < 4.78 is 73.6. The van der Waals surface area contributed by atoms with Gasteiger partial charge in [0.05, 0.1) is 18.5 Å². The Morgan fingerprint density at radius 1 is 1.21 bits per heavy atom. The highest BCUT2D eigenvalue weighted by Gasteiger charge is 2.46. The second kappa shape index (κ2) is 8.68. The number of hydrogen-bond acceptors (Lipinski definition) is 8. The van der Waals surface area contributed by atoms with E-state index < -0.39 is 21.2 Å². The number of alkyl halides is 3. The number of rotatable bonds is 8. The average Bonchev–Trinajstić information content (AvgIpc) is 3.06. The van der Waals surface area contributed by atoms with Crippen LogP contribution in [0.15, 0.2) is 33.0 Å². The lowest BCUT2D eigenvalue weighted by Gasteiger charge is -2.25. The van der Waals surface area contributed by atoms with Crippen LogP contribution in [0.1, 0.15) is 19.6 Å². The van der Waals surface area contributed by atoms with Crippen molar-refractivity contribution >= 4 is 32.9 Å². The molecular weight excluding hydrogens is 415 g/mol. The summed E-state index contributed by atoms with van der Waals surface area (Å²) >= 11 is 0. The number of hydrogen-bond donors (Lipinski definition) is 1. The van der Waals surface area contributed by atoms with E-state index in [0.29, 0.717) is 24.5 Å². The maximum atomic E-state index is 12.9. The predicted molar refractivity (Wildman–Crippen MR) is 101 cm³/mol. The quantitative estimate of drug-likeness (QED) is 0.611. The molecule has 2 rings (SSSR count). The number of halogens is 3. The highest BCUT2D eigenvalue weighted by molar-refractivity contribution is 7.93. The van der Waals surface area contributed by atoms with Gasteiger partial charge in [-0.2, -0.15) is 21.6 Å². The van der Waals surface area contributed by atoms with Crippen molar-refractivity contribution in [2.24, 2.45) is 10.2 Å². The maximum absolute atomic E-state index is 12.9. The summed E-state index contributed by atoms with van der Waals surface area (Å²) in [6, 6.07) is 3.96. The summed E-state index contributed by atoms with van der Waals surface area (Å²) in [5, 5.41) is 11.2. The van der Waals surface area contributed by atoms with Gasteiger partial charge in [0.15, 0.2) is 0 Å². The van der Waals surface area contributed by atoms with Crippen molar-refractivity contribution in [2.45, 2.75) is 26.3 Å². The van der Waals surface area contributed by atoms with Crippen LogP contribution in [0.3, 0.4) is 0 Å². The molecule has 1 heterocycles. The number of ether oxygens (including phenoxy) is 1. The van der Waals surface area contributed by atoms with E-state index in [1.165, 1.54) is 30.0 Å². The number of aromatic nitrogens is 1. The Morgan fingerprint density at radius 2 is 1.86 bits per heavy atom. The molecule has 0 aliphatic carbocycles. The Morgan fingerprint density at radius 3 is 2.34 bits per heavy atom. The molecule has 0 fully saturated rings. The van der Waals surface area contributed by atoms with Crippen LogP contribution in [0.5, 0.6) is 5.75 Å². The molecule has 0 amide bonds. The predicted octanol–water partition coefficient (Wildman–Crippen LogP) is 4.51. The van der Waals surface area contributed by atoms with E-state index in [4.69, 9.17) is 9.26 Å². The molecule has 0 saturated heterocycles. The van der Waals surface area contributed by atoms with Crippen molar-refractivity contribution in [3.63, 3.8) is 0 Å². The summed E-state index contributed by atoms with van der Waals surface area (Å²) in [5.41, 5.74) is -5.70. The normalized spacial score (nSPS) is 12.4. The summed E-state index contributed by atoms with van der Waals surface area (Å²) in [7, 11) is -4.29. The number of nitrogens with zero attached hydrogens (tertiary/aromatic N) is 4. The zero-order valence-corrected chi connectivity index (χ0v) is 16.9. The molecule has 13 heteroatoms. The van der Waals surface area contributed by atoms with Crippen molar-refractivity contribution < 1.29 is 30.8 Å². The van der Waals surface area contributed by atoms with E-state index in [1.807, 2.05) is 13.8 Å². The minimum Gasteiger partial charge on any atom is -0.494 e. The van der Waals surface area contributed by atoms with Gasteiger partial charge in [-0.15, -0.1) is 10.2 Å². The highest BCUT2D eigenvalue weighted by Crippen LogP contribution is 2.41. The van der Waals surface area contributed by atoms with Crippen molar-refractivity contribution in [2.75, 3.05) is 29.8 Å². The summed E-state index contributed by atoms with van der Waals surface area (Å²) in [5.74, 6) is 0.805. The standard InChI is InChI=1S/C16H20F3N5O4S/c1-5-24(6-2)13-8-12(23-29(25,26)16(17,18)19)11(9-14(13)27-4)20-21-15-7-10(3)28-22-15/h7-9,23H,5-6H2,1-4H3. The minimum absolute atomic E-state index is 0.0684. The Hall–Kier alpha value is -2.83. The largest absolute Gasteiger partial charge is 0.516 e. The van der Waals surface area contributed by atoms with E-state index in [9.17, 15) is 21.6 Å². The fourth-order valence-corrected chi connectivity index (χ4v) is 2.97.